The van der Waals surface area contributed by atoms with E-state index in [0.717, 1.165) is 18.1 Å². The molecule has 1 heterocycles. The molecule has 1 saturated heterocycles. The van der Waals surface area contributed by atoms with E-state index in [-0.39, 0.29) is 0 Å². The van der Waals surface area contributed by atoms with E-state index >= 15 is 0 Å². The van der Waals surface area contributed by atoms with Crippen molar-refractivity contribution in [2.24, 2.45) is 0 Å². The molecule has 2 nitrogen and oxygen atoms in total. The molecule has 58 valence electrons. The van der Waals surface area contributed by atoms with E-state index in [1.54, 1.807) is 0 Å². The molecule has 2 rings (SSSR count). The average Bonchev–Trinajstić information content (AvgIpc) is 1.82. The molecular weight excluding hydrogens is 124 g/mol. The van der Waals surface area contributed by atoms with E-state index in [2.05, 4.69) is 24.2 Å². The second kappa shape index (κ2) is 2.21. The van der Waals surface area contributed by atoms with Crippen LogP contribution in [-0.2, 0) is 0 Å². The minimum Gasteiger partial charge on any atom is -0.311 e. The van der Waals surface area contributed by atoms with Crippen LogP contribution in [0.5, 0.6) is 0 Å². The van der Waals surface area contributed by atoms with Crippen LogP contribution in [0.1, 0.15) is 19.8 Å². The largest absolute Gasteiger partial charge is 0.311 e. The first kappa shape index (κ1) is 6.62. The zero-order valence-corrected chi connectivity index (χ0v) is 6.80. The molecule has 0 aromatic carbocycles. The molecule has 1 aliphatic carbocycles. The van der Waals surface area contributed by atoms with E-state index in [4.69, 9.17) is 0 Å². The van der Waals surface area contributed by atoms with Gasteiger partial charge in [-0.15, -0.1) is 0 Å². The summed E-state index contributed by atoms with van der Waals surface area (Å²) in [4.78, 5) is 2.52. The average molecular weight is 140 g/mol. The van der Waals surface area contributed by atoms with Crippen molar-refractivity contribution in [2.75, 3.05) is 13.6 Å². The quantitative estimate of drug-likeness (QED) is 0.525. The van der Waals surface area contributed by atoms with E-state index in [0.29, 0.717) is 0 Å². The highest BCUT2D eigenvalue weighted by Gasteiger charge is 2.38. The first-order chi connectivity index (χ1) is 4.79. The molecule has 2 aliphatic rings. The van der Waals surface area contributed by atoms with Gasteiger partial charge in [0.25, 0.3) is 0 Å². The van der Waals surface area contributed by atoms with Crippen LogP contribution in [-0.4, -0.2) is 36.6 Å². The molecule has 1 aliphatic heterocycles. The van der Waals surface area contributed by atoms with Gasteiger partial charge in [0.15, 0.2) is 0 Å². The van der Waals surface area contributed by atoms with Gasteiger partial charge in [0.1, 0.15) is 0 Å². The molecular formula is C8H16N2. The lowest BCUT2D eigenvalue weighted by Crippen LogP contribution is -2.65. The van der Waals surface area contributed by atoms with E-state index < -0.39 is 0 Å². The van der Waals surface area contributed by atoms with Crippen LogP contribution >= 0.6 is 0 Å². The first-order valence-electron chi connectivity index (χ1n) is 4.24. The van der Waals surface area contributed by atoms with Gasteiger partial charge in [-0.25, -0.2) is 0 Å². The van der Waals surface area contributed by atoms with Crippen molar-refractivity contribution in [1.29, 1.82) is 0 Å². The SMILES string of the molecule is CC1CN[C@H]2CCC2N1C. The maximum absolute atomic E-state index is 3.56. The lowest BCUT2D eigenvalue weighted by molar-refractivity contribution is 0.0376. The van der Waals surface area contributed by atoms with Crippen LogP contribution in [0.4, 0.5) is 0 Å². The minimum atomic E-state index is 0.738. The van der Waals surface area contributed by atoms with Gasteiger partial charge in [0.05, 0.1) is 0 Å². The molecule has 0 aromatic heterocycles. The number of nitrogens with one attached hydrogen (secondary N) is 1. The number of nitrogens with zero attached hydrogens (tertiary/aromatic N) is 1. The molecule has 0 bridgehead atoms. The lowest BCUT2D eigenvalue weighted by atomic mass is 9.82. The van der Waals surface area contributed by atoms with Crippen LogP contribution in [0.25, 0.3) is 0 Å². The standard InChI is InChI=1S/C8H16N2/c1-6-5-9-7-3-4-8(7)10(6)2/h6-9H,3-5H2,1-2H3/t6?,7-,8?/m0/s1. The summed E-state index contributed by atoms with van der Waals surface area (Å²) in [5.41, 5.74) is 0. The third kappa shape index (κ3) is 0.789. The lowest BCUT2D eigenvalue weighted by Gasteiger charge is -2.50. The highest BCUT2D eigenvalue weighted by Crippen LogP contribution is 2.28. The summed E-state index contributed by atoms with van der Waals surface area (Å²) >= 11 is 0. The van der Waals surface area contributed by atoms with Gasteiger partial charge in [-0.3, -0.25) is 4.90 Å². The first-order valence-corrected chi connectivity index (χ1v) is 4.24. The Morgan fingerprint density at radius 2 is 2.20 bits per heavy atom. The maximum Gasteiger partial charge on any atom is 0.0250 e. The molecule has 2 heteroatoms. The molecule has 3 atom stereocenters. The van der Waals surface area contributed by atoms with Gasteiger partial charge < -0.3 is 5.32 Å². The molecule has 2 fully saturated rings. The predicted octanol–water partition coefficient (Wildman–Crippen LogP) is 0.441. The predicted molar refractivity (Wildman–Crippen MR) is 42.0 cm³/mol. The van der Waals surface area contributed by atoms with E-state index in [1.807, 2.05) is 0 Å². The van der Waals surface area contributed by atoms with E-state index in [1.165, 1.54) is 19.4 Å². The monoisotopic (exact) mass is 140 g/mol. The summed E-state index contributed by atoms with van der Waals surface area (Å²) in [6, 6.07) is 2.41. The third-order valence-corrected chi connectivity index (χ3v) is 3.13. The second-order valence-corrected chi connectivity index (χ2v) is 3.67. The number of piperazine rings is 1. The van der Waals surface area contributed by atoms with Crippen LogP contribution in [0.2, 0.25) is 0 Å². The summed E-state index contributed by atoms with van der Waals surface area (Å²) in [5, 5.41) is 3.56. The highest BCUT2D eigenvalue weighted by molar-refractivity contribution is 4.98. The Bertz CT molecular complexity index is 129. The number of hydrogen-bond donors (Lipinski definition) is 1. The zero-order chi connectivity index (χ0) is 7.14. The van der Waals surface area contributed by atoms with E-state index in [9.17, 15) is 0 Å². The fourth-order valence-electron chi connectivity index (χ4n) is 2.00. The van der Waals surface area contributed by atoms with Gasteiger partial charge in [0.2, 0.25) is 0 Å². The van der Waals surface area contributed by atoms with Crippen LogP contribution in [0.3, 0.4) is 0 Å². The zero-order valence-electron chi connectivity index (χ0n) is 6.80. The van der Waals surface area contributed by atoms with Crippen LogP contribution in [0, 0.1) is 0 Å². The maximum atomic E-state index is 3.56. The Balaban J connectivity index is 2.01. The van der Waals surface area contributed by atoms with Crippen molar-refractivity contribution in [1.82, 2.24) is 10.2 Å². The number of likely N-dealkylation sites (N-methyl/N-ethyl adjacent to an activating group) is 1. The Kier molecular flexibility index (Phi) is 1.46. The summed E-state index contributed by atoms with van der Waals surface area (Å²) in [6.45, 7) is 3.47. The van der Waals surface area contributed by atoms with Crippen LogP contribution in [0.15, 0.2) is 0 Å². The molecule has 1 saturated carbocycles. The smallest absolute Gasteiger partial charge is 0.0250 e. The van der Waals surface area contributed by atoms with Gasteiger partial charge >= 0.3 is 0 Å². The van der Waals surface area contributed by atoms with Gasteiger partial charge in [-0.2, -0.15) is 0 Å². The number of fused-ring (bicyclic) bond motifs is 1. The molecule has 0 aromatic rings. The van der Waals surface area contributed by atoms with Crippen LogP contribution < -0.4 is 5.32 Å². The molecule has 0 amide bonds. The van der Waals surface area contributed by atoms with Crippen molar-refractivity contribution in [3.63, 3.8) is 0 Å². The van der Waals surface area contributed by atoms with Crippen molar-refractivity contribution in [2.45, 2.75) is 37.9 Å². The molecule has 0 spiro atoms. The fraction of sp³-hybridized carbons (Fsp3) is 1.00. The Morgan fingerprint density at radius 3 is 2.70 bits per heavy atom. The molecule has 1 N–H and O–H groups in total. The summed E-state index contributed by atoms with van der Waals surface area (Å²) in [5.74, 6) is 0. The van der Waals surface area contributed by atoms with Gasteiger partial charge in [0, 0.05) is 24.7 Å². The summed E-state index contributed by atoms with van der Waals surface area (Å²) in [7, 11) is 2.25. The normalized spacial score (nSPS) is 48.0. The fourth-order valence-corrected chi connectivity index (χ4v) is 2.00. The topological polar surface area (TPSA) is 15.3 Å². The van der Waals surface area contributed by atoms with Crippen molar-refractivity contribution in [3.05, 3.63) is 0 Å². The van der Waals surface area contributed by atoms with Crippen molar-refractivity contribution in [3.8, 4) is 0 Å². The Labute approximate surface area is 62.6 Å². The van der Waals surface area contributed by atoms with Gasteiger partial charge in [-0.1, -0.05) is 0 Å². The molecule has 10 heavy (non-hydrogen) atoms. The summed E-state index contributed by atoms with van der Waals surface area (Å²) in [6.07, 6.45) is 2.79. The number of rotatable bonds is 0. The van der Waals surface area contributed by atoms with Gasteiger partial charge in [-0.05, 0) is 26.8 Å². The molecule has 2 unspecified atom stereocenters. The summed E-state index contributed by atoms with van der Waals surface area (Å²) < 4.78 is 0. The number of hydrogen-bond acceptors (Lipinski definition) is 2. The Morgan fingerprint density at radius 1 is 1.40 bits per heavy atom. The molecule has 0 radical (unpaired) electrons. The van der Waals surface area contributed by atoms with Crippen molar-refractivity contribution < 1.29 is 0 Å². The van der Waals surface area contributed by atoms with Crippen molar-refractivity contribution >= 4 is 0 Å². The highest BCUT2D eigenvalue weighted by atomic mass is 15.3. The Hall–Kier alpha value is -0.0800. The second-order valence-electron chi connectivity index (χ2n) is 3.67. The minimum absolute atomic E-state index is 0.738. The third-order valence-electron chi connectivity index (χ3n) is 3.13.